The highest BCUT2D eigenvalue weighted by Gasteiger charge is 2.40. The lowest BCUT2D eigenvalue weighted by atomic mass is 10.1. The smallest absolute Gasteiger partial charge is 0.0747 e. The summed E-state index contributed by atoms with van der Waals surface area (Å²) >= 11 is 4.27. The van der Waals surface area contributed by atoms with E-state index < -0.39 is 0 Å². The first kappa shape index (κ1) is 9.22. The van der Waals surface area contributed by atoms with Crippen LogP contribution in [0.25, 0.3) is 0 Å². The van der Waals surface area contributed by atoms with Crippen molar-refractivity contribution in [2.24, 2.45) is 5.92 Å². The van der Waals surface area contributed by atoms with Gasteiger partial charge >= 0.3 is 0 Å². The number of hydrogen-bond donors (Lipinski definition) is 1. The van der Waals surface area contributed by atoms with Crippen LogP contribution in [0.5, 0.6) is 0 Å². The Morgan fingerprint density at radius 2 is 2.25 bits per heavy atom. The summed E-state index contributed by atoms with van der Waals surface area (Å²) in [4.78, 5) is 0.455. The van der Waals surface area contributed by atoms with Gasteiger partial charge in [-0.25, -0.2) is 0 Å². The summed E-state index contributed by atoms with van der Waals surface area (Å²) in [6, 6.07) is 0. The summed E-state index contributed by atoms with van der Waals surface area (Å²) < 4.78 is 0. The first-order chi connectivity index (χ1) is 5.70. The molecule has 2 fully saturated rings. The van der Waals surface area contributed by atoms with Crippen molar-refractivity contribution in [2.75, 3.05) is 18.1 Å². The third kappa shape index (κ3) is 1.78. The zero-order valence-electron chi connectivity index (χ0n) is 7.80. The minimum atomic E-state index is 0.455. The van der Waals surface area contributed by atoms with Crippen LogP contribution in [0.3, 0.4) is 0 Å². The van der Waals surface area contributed by atoms with Gasteiger partial charge in [0.2, 0.25) is 0 Å². The molecule has 70 valence electrons. The fourth-order valence-corrected chi connectivity index (χ4v) is 4.95. The molecule has 3 atom stereocenters. The van der Waals surface area contributed by atoms with Crippen molar-refractivity contribution in [3.8, 4) is 0 Å². The topological polar surface area (TPSA) is 12.0 Å². The molecular formula is C9H17NS2. The molecule has 1 N–H and O–H groups in total. The van der Waals surface area contributed by atoms with Crippen molar-refractivity contribution in [2.45, 2.75) is 30.4 Å². The van der Waals surface area contributed by atoms with Crippen LogP contribution < -0.4 is 5.32 Å². The Labute approximate surface area is 83.4 Å². The van der Waals surface area contributed by atoms with E-state index in [0.717, 1.165) is 11.2 Å². The fraction of sp³-hybridized carbons (Fsp3) is 1.00. The predicted octanol–water partition coefficient (Wildman–Crippen LogP) is 2.18. The Bertz CT molecular complexity index is 164. The molecule has 0 aromatic rings. The maximum atomic E-state index is 3.72. The zero-order valence-corrected chi connectivity index (χ0v) is 9.43. The van der Waals surface area contributed by atoms with Crippen LogP contribution in [0.15, 0.2) is 0 Å². The summed E-state index contributed by atoms with van der Waals surface area (Å²) in [7, 11) is 0. The van der Waals surface area contributed by atoms with Gasteiger partial charge < -0.3 is 5.32 Å². The normalized spacial score (nSPS) is 48.5. The average Bonchev–Trinajstić information content (AvgIpc) is 2.40. The third-order valence-electron chi connectivity index (χ3n) is 2.64. The lowest BCUT2D eigenvalue weighted by Gasteiger charge is -2.36. The molecule has 12 heavy (non-hydrogen) atoms. The Hall–Kier alpha value is 0.660. The third-order valence-corrected chi connectivity index (χ3v) is 5.96. The zero-order chi connectivity index (χ0) is 8.60. The summed E-state index contributed by atoms with van der Waals surface area (Å²) in [5.41, 5.74) is 0. The van der Waals surface area contributed by atoms with Crippen molar-refractivity contribution in [1.29, 1.82) is 0 Å². The molecule has 2 aliphatic rings. The Morgan fingerprint density at radius 3 is 2.75 bits per heavy atom. The van der Waals surface area contributed by atoms with E-state index in [9.17, 15) is 0 Å². The van der Waals surface area contributed by atoms with Gasteiger partial charge in [0.05, 0.1) is 4.87 Å². The number of rotatable bonds is 0. The van der Waals surface area contributed by atoms with E-state index in [2.05, 4.69) is 42.7 Å². The van der Waals surface area contributed by atoms with Gasteiger partial charge in [-0.05, 0) is 24.6 Å². The van der Waals surface area contributed by atoms with Crippen LogP contribution >= 0.6 is 23.5 Å². The fourth-order valence-electron chi connectivity index (χ4n) is 1.85. The molecular weight excluding hydrogens is 186 g/mol. The van der Waals surface area contributed by atoms with E-state index in [0.29, 0.717) is 4.87 Å². The summed E-state index contributed by atoms with van der Waals surface area (Å²) in [6.07, 6.45) is 1.36. The molecule has 1 spiro atoms. The summed E-state index contributed by atoms with van der Waals surface area (Å²) in [5, 5.41) is 4.58. The van der Waals surface area contributed by atoms with Crippen LogP contribution in [0.2, 0.25) is 0 Å². The van der Waals surface area contributed by atoms with E-state index in [4.69, 9.17) is 0 Å². The molecule has 0 saturated carbocycles. The largest absolute Gasteiger partial charge is 0.302 e. The van der Waals surface area contributed by atoms with E-state index in [1.165, 1.54) is 24.5 Å². The molecule has 3 unspecified atom stereocenters. The highest BCUT2D eigenvalue weighted by atomic mass is 32.2. The molecule has 0 aromatic carbocycles. The minimum absolute atomic E-state index is 0.455. The quantitative estimate of drug-likeness (QED) is 0.648. The molecule has 2 rings (SSSR count). The van der Waals surface area contributed by atoms with Crippen molar-refractivity contribution < 1.29 is 0 Å². The second-order valence-electron chi connectivity index (χ2n) is 4.12. The molecule has 0 amide bonds. The second-order valence-corrected chi connectivity index (χ2v) is 6.95. The van der Waals surface area contributed by atoms with Crippen LogP contribution in [0.1, 0.15) is 20.3 Å². The molecule has 0 radical (unpaired) electrons. The van der Waals surface area contributed by atoms with Gasteiger partial charge in [0.15, 0.2) is 0 Å². The van der Waals surface area contributed by atoms with Crippen molar-refractivity contribution >= 4 is 23.5 Å². The molecule has 0 bridgehead atoms. The van der Waals surface area contributed by atoms with Gasteiger partial charge in [0, 0.05) is 11.0 Å². The molecule has 0 aromatic heterocycles. The van der Waals surface area contributed by atoms with Crippen LogP contribution in [-0.4, -0.2) is 28.2 Å². The van der Waals surface area contributed by atoms with E-state index in [-0.39, 0.29) is 0 Å². The monoisotopic (exact) mass is 203 g/mol. The standard InChI is InChI=1S/C9H17NS2/c1-7-4-10-9(12-5-7)3-8(2)11-6-9/h7-8,10H,3-6H2,1-2H3. The maximum Gasteiger partial charge on any atom is 0.0747 e. The Morgan fingerprint density at radius 1 is 1.42 bits per heavy atom. The number of nitrogens with one attached hydrogen (secondary N) is 1. The Balaban J connectivity index is 1.95. The SMILES string of the molecule is CC1CNC2(CSC(C)C2)SC1. The highest BCUT2D eigenvalue weighted by molar-refractivity contribution is 8.05. The molecule has 2 aliphatic heterocycles. The van der Waals surface area contributed by atoms with E-state index in [1.54, 1.807) is 0 Å². The van der Waals surface area contributed by atoms with Crippen molar-refractivity contribution in [3.05, 3.63) is 0 Å². The lowest BCUT2D eigenvalue weighted by Crippen LogP contribution is -2.49. The van der Waals surface area contributed by atoms with Crippen molar-refractivity contribution in [1.82, 2.24) is 5.32 Å². The van der Waals surface area contributed by atoms with E-state index in [1.807, 2.05) is 0 Å². The lowest BCUT2D eigenvalue weighted by molar-refractivity contribution is 0.429. The van der Waals surface area contributed by atoms with Crippen molar-refractivity contribution in [3.63, 3.8) is 0 Å². The van der Waals surface area contributed by atoms with Gasteiger partial charge in [-0.15, -0.1) is 11.8 Å². The average molecular weight is 203 g/mol. The number of thioether (sulfide) groups is 2. The highest BCUT2D eigenvalue weighted by Crippen LogP contribution is 2.44. The first-order valence-electron chi connectivity index (χ1n) is 4.71. The predicted molar refractivity (Wildman–Crippen MR) is 58.9 cm³/mol. The minimum Gasteiger partial charge on any atom is -0.302 e. The second kappa shape index (κ2) is 3.43. The molecule has 2 heterocycles. The molecule has 3 heteroatoms. The van der Waals surface area contributed by atoms with Gasteiger partial charge in [-0.2, -0.15) is 11.8 Å². The van der Waals surface area contributed by atoms with Crippen LogP contribution in [0, 0.1) is 5.92 Å². The summed E-state index contributed by atoms with van der Waals surface area (Å²) in [6.45, 7) is 5.90. The first-order valence-corrected chi connectivity index (χ1v) is 6.74. The Kier molecular flexibility index (Phi) is 2.64. The van der Waals surface area contributed by atoms with Gasteiger partial charge in [-0.3, -0.25) is 0 Å². The summed E-state index contributed by atoms with van der Waals surface area (Å²) in [5.74, 6) is 3.52. The maximum absolute atomic E-state index is 3.72. The van der Waals surface area contributed by atoms with Gasteiger partial charge in [-0.1, -0.05) is 13.8 Å². The molecule has 2 saturated heterocycles. The van der Waals surface area contributed by atoms with Gasteiger partial charge in [0.1, 0.15) is 0 Å². The van der Waals surface area contributed by atoms with E-state index >= 15 is 0 Å². The molecule has 0 aliphatic carbocycles. The van der Waals surface area contributed by atoms with Crippen LogP contribution in [0.4, 0.5) is 0 Å². The van der Waals surface area contributed by atoms with Crippen LogP contribution in [-0.2, 0) is 0 Å². The van der Waals surface area contributed by atoms with Gasteiger partial charge in [0.25, 0.3) is 0 Å². The molecule has 1 nitrogen and oxygen atoms in total. The number of hydrogen-bond acceptors (Lipinski definition) is 3.